The molecule has 2 rings (SSSR count). The van der Waals surface area contributed by atoms with Gasteiger partial charge in [-0.3, -0.25) is 0 Å². The average Bonchev–Trinajstić information content (AvgIpc) is 2.31. The van der Waals surface area contributed by atoms with Gasteiger partial charge >= 0.3 is 0 Å². The summed E-state index contributed by atoms with van der Waals surface area (Å²) in [6.45, 7) is 7.18. The fourth-order valence-electron chi connectivity index (χ4n) is 2.39. The van der Waals surface area contributed by atoms with Crippen LogP contribution in [0.3, 0.4) is 0 Å². The monoisotopic (exact) mass is 255 g/mol. The molecule has 0 bridgehead atoms. The Balaban J connectivity index is 0.00000144. The van der Waals surface area contributed by atoms with Crippen molar-refractivity contribution in [2.75, 3.05) is 19.7 Å². The Morgan fingerprint density at radius 1 is 1.29 bits per heavy atom. The molecule has 0 amide bonds. The molecule has 0 aromatic heterocycles. The third-order valence-electron chi connectivity index (χ3n) is 3.25. The lowest BCUT2D eigenvalue weighted by Crippen LogP contribution is -2.26. The molecule has 0 radical (unpaired) electrons. The van der Waals surface area contributed by atoms with Gasteiger partial charge < -0.3 is 10.1 Å². The van der Waals surface area contributed by atoms with E-state index in [1.54, 1.807) is 0 Å². The van der Waals surface area contributed by atoms with Crippen molar-refractivity contribution in [1.82, 2.24) is 5.32 Å². The molecule has 0 atom stereocenters. The minimum Gasteiger partial charge on any atom is -0.494 e. The number of hydrogen-bond donors (Lipinski definition) is 1. The third-order valence-corrected chi connectivity index (χ3v) is 3.25. The molecule has 1 heterocycles. The highest BCUT2D eigenvalue weighted by Crippen LogP contribution is 2.33. The third kappa shape index (κ3) is 3.62. The largest absolute Gasteiger partial charge is 0.494 e. The quantitative estimate of drug-likeness (QED) is 0.895. The van der Waals surface area contributed by atoms with Crippen molar-refractivity contribution in [1.29, 1.82) is 0 Å². The minimum absolute atomic E-state index is 0. The number of aryl methyl sites for hydroxylation is 1. The van der Waals surface area contributed by atoms with Gasteiger partial charge in [-0.1, -0.05) is 12.1 Å². The second kappa shape index (κ2) is 6.87. The molecule has 1 aliphatic heterocycles. The average molecular weight is 256 g/mol. The van der Waals surface area contributed by atoms with Crippen molar-refractivity contribution in [3.8, 4) is 5.75 Å². The first kappa shape index (κ1) is 14.3. The van der Waals surface area contributed by atoms with E-state index < -0.39 is 0 Å². The van der Waals surface area contributed by atoms with E-state index in [9.17, 15) is 0 Å². The van der Waals surface area contributed by atoms with Crippen molar-refractivity contribution in [2.24, 2.45) is 0 Å². The summed E-state index contributed by atoms with van der Waals surface area (Å²) in [6, 6.07) is 6.61. The summed E-state index contributed by atoms with van der Waals surface area (Å²) in [6.07, 6.45) is 2.45. The summed E-state index contributed by atoms with van der Waals surface area (Å²) >= 11 is 0. The second-order valence-electron chi connectivity index (χ2n) is 4.50. The number of halogens is 1. The van der Waals surface area contributed by atoms with E-state index in [0.717, 1.165) is 25.4 Å². The predicted molar refractivity (Wildman–Crippen MR) is 74.4 cm³/mol. The van der Waals surface area contributed by atoms with E-state index in [1.807, 2.05) is 0 Å². The van der Waals surface area contributed by atoms with Gasteiger partial charge in [-0.05, 0) is 62.9 Å². The number of piperidine rings is 1. The first-order chi connectivity index (χ1) is 7.81. The topological polar surface area (TPSA) is 21.3 Å². The highest BCUT2D eigenvalue weighted by Gasteiger charge is 2.18. The van der Waals surface area contributed by atoms with E-state index in [4.69, 9.17) is 4.74 Å². The summed E-state index contributed by atoms with van der Waals surface area (Å²) < 4.78 is 5.75. The molecule has 96 valence electrons. The zero-order chi connectivity index (χ0) is 11.4. The van der Waals surface area contributed by atoms with Gasteiger partial charge in [0, 0.05) is 0 Å². The van der Waals surface area contributed by atoms with E-state index >= 15 is 0 Å². The zero-order valence-corrected chi connectivity index (χ0v) is 11.5. The maximum absolute atomic E-state index is 5.75. The van der Waals surface area contributed by atoms with Crippen LogP contribution in [0.25, 0.3) is 0 Å². The summed E-state index contributed by atoms with van der Waals surface area (Å²) in [7, 11) is 0. The van der Waals surface area contributed by atoms with Crippen LogP contribution in [0, 0.1) is 6.92 Å². The molecule has 0 aliphatic carbocycles. The lowest BCUT2D eigenvalue weighted by molar-refractivity contribution is 0.329. The minimum atomic E-state index is 0. The van der Waals surface area contributed by atoms with E-state index in [1.165, 1.54) is 24.0 Å². The van der Waals surface area contributed by atoms with Gasteiger partial charge in [0.1, 0.15) is 5.75 Å². The smallest absolute Gasteiger partial charge is 0.123 e. The highest BCUT2D eigenvalue weighted by molar-refractivity contribution is 5.85. The molecule has 0 unspecified atom stereocenters. The van der Waals surface area contributed by atoms with Gasteiger partial charge in [-0.25, -0.2) is 0 Å². The number of nitrogens with one attached hydrogen (secondary N) is 1. The Bertz CT molecular complexity index is 348. The van der Waals surface area contributed by atoms with Crippen LogP contribution in [-0.2, 0) is 0 Å². The fraction of sp³-hybridized carbons (Fsp3) is 0.571. The normalized spacial score (nSPS) is 16.4. The first-order valence-electron chi connectivity index (χ1n) is 6.25. The Kier molecular flexibility index (Phi) is 5.79. The maximum atomic E-state index is 5.75. The molecule has 1 aromatic rings. The van der Waals surface area contributed by atoms with E-state index in [-0.39, 0.29) is 12.4 Å². The maximum Gasteiger partial charge on any atom is 0.123 e. The van der Waals surface area contributed by atoms with Crippen LogP contribution in [0.15, 0.2) is 18.2 Å². The van der Waals surface area contributed by atoms with Crippen LogP contribution in [0.1, 0.15) is 36.8 Å². The Labute approximate surface area is 110 Å². The van der Waals surface area contributed by atoms with Crippen LogP contribution in [0.2, 0.25) is 0 Å². The lowest BCUT2D eigenvalue weighted by atomic mass is 9.89. The molecule has 0 saturated carbocycles. The van der Waals surface area contributed by atoms with E-state index in [0.29, 0.717) is 5.92 Å². The summed E-state index contributed by atoms with van der Waals surface area (Å²) in [5.41, 5.74) is 2.68. The molecule has 1 aliphatic rings. The van der Waals surface area contributed by atoms with Crippen LogP contribution < -0.4 is 10.1 Å². The van der Waals surface area contributed by atoms with Crippen molar-refractivity contribution in [3.63, 3.8) is 0 Å². The molecule has 3 heteroatoms. The van der Waals surface area contributed by atoms with Crippen LogP contribution in [0.5, 0.6) is 5.75 Å². The van der Waals surface area contributed by atoms with E-state index in [2.05, 4.69) is 37.4 Å². The second-order valence-corrected chi connectivity index (χ2v) is 4.50. The van der Waals surface area contributed by atoms with Gasteiger partial charge in [-0.15, -0.1) is 12.4 Å². The predicted octanol–water partition coefficient (Wildman–Crippen LogP) is 3.28. The lowest BCUT2D eigenvalue weighted by Gasteiger charge is -2.25. The number of benzene rings is 1. The molecular weight excluding hydrogens is 234 g/mol. The molecule has 1 aromatic carbocycles. The van der Waals surface area contributed by atoms with Gasteiger partial charge in [-0.2, -0.15) is 0 Å². The van der Waals surface area contributed by atoms with Gasteiger partial charge in [0.25, 0.3) is 0 Å². The Morgan fingerprint density at radius 3 is 2.65 bits per heavy atom. The van der Waals surface area contributed by atoms with Crippen LogP contribution in [0.4, 0.5) is 0 Å². The van der Waals surface area contributed by atoms with Crippen LogP contribution >= 0.6 is 12.4 Å². The van der Waals surface area contributed by atoms with Crippen molar-refractivity contribution in [2.45, 2.75) is 32.6 Å². The molecule has 17 heavy (non-hydrogen) atoms. The molecule has 1 saturated heterocycles. The summed E-state index contributed by atoms with van der Waals surface area (Å²) in [5.74, 6) is 1.76. The van der Waals surface area contributed by atoms with Crippen molar-refractivity contribution < 1.29 is 4.74 Å². The molecule has 1 N–H and O–H groups in total. The summed E-state index contributed by atoms with van der Waals surface area (Å²) in [4.78, 5) is 0. The molecule has 0 spiro atoms. The Morgan fingerprint density at radius 2 is 2.00 bits per heavy atom. The van der Waals surface area contributed by atoms with Crippen molar-refractivity contribution >= 4 is 12.4 Å². The number of hydrogen-bond acceptors (Lipinski definition) is 2. The standard InChI is InChI=1S/C14H21NO.ClH/c1-3-16-14-10-11(2)4-5-13(14)12-6-8-15-9-7-12;/h4-5,10,12,15H,3,6-9H2,1-2H3;1H. The summed E-state index contributed by atoms with van der Waals surface area (Å²) in [5, 5.41) is 3.41. The number of rotatable bonds is 3. The fourth-order valence-corrected chi connectivity index (χ4v) is 2.39. The number of ether oxygens (including phenoxy) is 1. The zero-order valence-electron chi connectivity index (χ0n) is 10.7. The highest BCUT2D eigenvalue weighted by atomic mass is 35.5. The molecule has 1 fully saturated rings. The van der Waals surface area contributed by atoms with Crippen molar-refractivity contribution in [3.05, 3.63) is 29.3 Å². The SMILES string of the molecule is CCOc1cc(C)ccc1C1CCNCC1.Cl. The molecule has 2 nitrogen and oxygen atoms in total. The first-order valence-corrected chi connectivity index (χ1v) is 6.25. The van der Waals surface area contributed by atoms with Gasteiger partial charge in [0.15, 0.2) is 0 Å². The molecular formula is C14H22ClNO. The Hall–Kier alpha value is -0.730. The van der Waals surface area contributed by atoms with Gasteiger partial charge in [0.2, 0.25) is 0 Å². The van der Waals surface area contributed by atoms with Gasteiger partial charge in [0.05, 0.1) is 6.61 Å². The van der Waals surface area contributed by atoms with Crippen LogP contribution in [-0.4, -0.2) is 19.7 Å².